The number of aromatic hydroxyl groups is 1. The lowest BCUT2D eigenvalue weighted by Gasteiger charge is -2.30. The predicted molar refractivity (Wildman–Crippen MR) is 82.5 cm³/mol. The quantitative estimate of drug-likeness (QED) is 0.905. The second-order valence-electron chi connectivity index (χ2n) is 5.40. The van der Waals surface area contributed by atoms with Crippen molar-refractivity contribution in [2.45, 2.75) is 24.9 Å². The fourth-order valence-corrected chi connectivity index (χ4v) is 2.76. The fourth-order valence-electron chi connectivity index (χ4n) is 2.76. The van der Waals surface area contributed by atoms with Crippen LogP contribution >= 0.6 is 0 Å². The number of nitrogens with zero attached hydrogens (tertiary/aromatic N) is 1. The normalized spacial score (nSPS) is 21.9. The van der Waals surface area contributed by atoms with Crippen molar-refractivity contribution in [1.29, 1.82) is 0 Å². The summed E-state index contributed by atoms with van der Waals surface area (Å²) in [6.07, 6.45) is 4.00. The molecule has 2 atom stereocenters. The van der Waals surface area contributed by atoms with Gasteiger partial charge in [0.1, 0.15) is 11.6 Å². The van der Waals surface area contributed by atoms with Gasteiger partial charge in [0.2, 0.25) is 0 Å². The number of hydrogen-bond acceptors (Lipinski definition) is 4. The first-order chi connectivity index (χ1) is 10.3. The number of pyridine rings is 1. The van der Waals surface area contributed by atoms with Crippen LogP contribution in [-0.4, -0.2) is 29.3 Å². The Morgan fingerprint density at radius 3 is 2.81 bits per heavy atom. The molecular weight excluding hydrogens is 264 g/mol. The first-order valence-corrected chi connectivity index (χ1v) is 7.37. The van der Waals surface area contributed by atoms with Crippen LogP contribution in [0.3, 0.4) is 0 Å². The molecule has 0 spiro atoms. The molecule has 2 N–H and O–H groups in total. The van der Waals surface area contributed by atoms with Crippen molar-refractivity contribution in [1.82, 2.24) is 4.98 Å². The lowest BCUT2D eigenvalue weighted by molar-refractivity contribution is 0.0150. The number of phenols is 1. The molecule has 3 rings (SSSR count). The highest BCUT2D eigenvalue weighted by atomic mass is 16.5. The highest BCUT2D eigenvalue weighted by molar-refractivity contribution is 5.33. The van der Waals surface area contributed by atoms with Crippen LogP contribution in [0.2, 0.25) is 0 Å². The summed E-state index contributed by atoms with van der Waals surface area (Å²) in [4.78, 5) is 4.26. The van der Waals surface area contributed by atoms with E-state index in [-0.39, 0.29) is 6.10 Å². The molecule has 1 aliphatic rings. The van der Waals surface area contributed by atoms with Crippen LogP contribution in [0, 0.1) is 0 Å². The fraction of sp³-hybridized carbons (Fsp3) is 0.353. The molecule has 1 aromatic heterocycles. The zero-order valence-electron chi connectivity index (χ0n) is 11.9. The van der Waals surface area contributed by atoms with Crippen LogP contribution in [0.5, 0.6) is 5.75 Å². The standard InChI is InChI=1S/C17H20N2O2/c20-15-6-4-13(5-7-15)14-8-10-21-16(11-14)12-19-17-3-1-2-9-18-17/h1-7,9,14,16,20H,8,10-12H2,(H,18,19)/t14-,16?/m1/s1. The lowest BCUT2D eigenvalue weighted by atomic mass is 9.88. The second kappa shape index (κ2) is 6.59. The first kappa shape index (κ1) is 13.9. The van der Waals surface area contributed by atoms with Gasteiger partial charge in [-0.3, -0.25) is 0 Å². The average molecular weight is 284 g/mol. The summed E-state index contributed by atoms with van der Waals surface area (Å²) < 4.78 is 5.84. The molecule has 110 valence electrons. The molecule has 0 aliphatic carbocycles. The molecule has 0 saturated carbocycles. The van der Waals surface area contributed by atoms with Crippen molar-refractivity contribution in [3.63, 3.8) is 0 Å². The van der Waals surface area contributed by atoms with Gasteiger partial charge in [0.25, 0.3) is 0 Å². The zero-order valence-corrected chi connectivity index (χ0v) is 11.9. The number of aromatic nitrogens is 1. The number of benzene rings is 1. The van der Waals surface area contributed by atoms with Gasteiger partial charge < -0.3 is 15.2 Å². The number of rotatable bonds is 4. The average Bonchev–Trinajstić information content (AvgIpc) is 2.55. The van der Waals surface area contributed by atoms with Gasteiger partial charge in [0, 0.05) is 19.3 Å². The third-order valence-corrected chi connectivity index (χ3v) is 3.91. The van der Waals surface area contributed by atoms with E-state index in [1.807, 2.05) is 30.3 Å². The summed E-state index contributed by atoms with van der Waals surface area (Å²) in [6, 6.07) is 13.4. The van der Waals surface area contributed by atoms with E-state index < -0.39 is 0 Å². The van der Waals surface area contributed by atoms with Crippen molar-refractivity contribution < 1.29 is 9.84 Å². The molecule has 1 aromatic carbocycles. The molecule has 1 fully saturated rings. The Hall–Kier alpha value is -2.07. The Labute approximate surface area is 124 Å². The van der Waals surface area contributed by atoms with E-state index in [2.05, 4.69) is 10.3 Å². The van der Waals surface area contributed by atoms with E-state index in [4.69, 9.17) is 4.74 Å². The van der Waals surface area contributed by atoms with E-state index >= 15 is 0 Å². The van der Waals surface area contributed by atoms with E-state index in [0.717, 1.165) is 31.8 Å². The van der Waals surface area contributed by atoms with Crippen LogP contribution in [0.4, 0.5) is 5.82 Å². The topological polar surface area (TPSA) is 54.4 Å². The minimum absolute atomic E-state index is 0.194. The molecular formula is C17H20N2O2. The highest BCUT2D eigenvalue weighted by Crippen LogP contribution is 2.31. The molecule has 2 heterocycles. The molecule has 0 amide bonds. The van der Waals surface area contributed by atoms with Crippen molar-refractivity contribution in [3.05, 3.63) is 54.2 Å². The zero-order chi connectivity index (χ0) is 14.5. The SMILES string of the molecule is Oc1ccc([C@@H]2CCOC(CNc3ccccn3)C2)cc1. The van der Waals surface area contributed by atoms with Gasteiger partial charge in [0.05, 0.1) is 6.10 Å². The summed E-state index contributed by atoms with van der Waals surface area (Å²) in [5, 5.41) is 12.7. The van der Waals surface area contributed by atoms with Gasteiger partial charge in [-0.05, 0) is 48.6 Å². The first-order valence-electron chi connectivity index (χ1n) is 7.37. The summed E-state index contributed by atoms with van der Waals surface area (Å²) in [6.45, 7) is 1.55. The second-order valence-corrected chi connectivity index (χ2v) is 5.40. The summed E-state index contributed by atoms with van der Waals surface area (Å²) in [5.74, 6) is 1.70. The van der Waals surface area contributed by atoms with Gasteiger partial charge in [0.15, 0.2) is 0 Å². The minimum atomic E-state index is 0.194. The summed E-state index contributed by atoms with van der Waals surface area (Å²) in [7, 11) is 0. The molecule has 4 nitrogen and oxygen atoms in total. The maximum Gasteiger partial charge on any atom is 0.125 e. The van der Waals surface area contributed by atoms with Gasteiger partial charge in [-0.15, -0.1) is 0 Å². The third-order valence-electron chi connectivity index (χ3n) is 3.91. The Morgan fingerprint density at radius 1 is 1.19 bits per heavy atom. The molecule has 1 aliphatic heterocycles. The van der Waals surface area contributed by atoms with Crippen molar-refractivity contribution in [3.8, 4) is 5.75 Å². The van der Waals surface area contributed by atoms with Crippen LogP contribution < -0.4 is 5.32 Å². The van der Waals surface area contributed by atoms with E-state index in [0.29, 0.717) is 11.7 Å². The van der Waals surface area contributed by atoms with Crippen molar-refractivity contribution >= 4 is 5.82 Å². The number of anilines is 1. The summed E-state index contributed by atoms with van der Waals surface area (Å²) >= 11 is 0. The Balaban J connectivity index is 1.57. The van der Waals surface area contributed by atoms with Crippen molar-refractivity contribution in [2.24, 2.45) is 0 Å². The van der Waals surface area contributed by atoms with Crippen molar-refractivity contribution in [2.75, 3.05) is 18.5 Å². The van der Waals surface area contributed by atoms with Crippen LogP contribution in [0.15, 0.2) is 48.7 Å². The molecule has 2 aromatic rings. The Kier molecular flexibility index (Phi) is 4.36. The van der Waals surface area contributed by atoms with Gasteiger partial charge in [-0.25, -0.2) is 4.98 Å². The lowest BCUT2D eigenvalue weighted by Crippen LogP contribution is -2.30. The third kappa shape index (κ3) is 3.73. The van der Waals surface area contributed by atoms with Gasteiger partial charge in [-0.2, -0.15) is 0 Å². The smallest absolute Gasteiger partial charge is 0.125 e. The number of ether oxygens (including phenoxy) is 1. The monoisotopic (exact) mass is 284 g/mol. The number of phenolic OH excluding ortho intramolecular Hbond substituents is 1. The molecule has 4 heteroatoms. The van der Waals surface area contributed by atoms with Crippen LogP contribution in [-0.2, 0) is 4.74 Å². The Morgan fingerprint density at radius 2 is 2.05 bits per heavy atom. The molecule has 1 saturated heterocycles. The maximum atomic E-state index is 9.38. The molecule has 0 radical (unpaired) electrons. The van der Waals surface area contributed by atoms with Gasteiger partial charge >= 0.3 is 0 Å². The molecule has 21 heavy (non-hydrogen) atoms. The number of nitrogens with one attached hydrogen (secondary N) is 1. The molecule has 0 bridgehead atoms. The maximum absolute atomic E-state index is 9.38. The minimum Gasteiger partial charge on any atom is -0.508 e. The number of hydrogen-bond donors (Lipinski definition) is 2. The van der Waals surface area contributed by atoms with E-state index in [1.165, 1.54) is 5.56 Å². The van der Waals surface area contributed by atoms with Crippen LogP contribution in [0.1, 0.15) is 24.3 Å². The van der Waals surface area contributed by atoms with Crippen LogP contribution in [0.25, 0.3) is 0 Å². The van der Waals surface area contributed by atoms with E-state index in [1.54, 1.807) is 18.3 Å². The summed E-state index contributed by atoms with van der Waals surface area (Å²) in [5.41, 5.74) is 1.28. The molecule has 1 unspecified atom stereocenters. The Bertz CT molecular complexity index is 557. The van der Waals surface area contributed by atoms with Gasteiger partial charge in [-0.1, -0.05) is 18.2 Å². The predicted octanol–water partition coefficient (Wildman–Crippen LogP) is 3.16. The largest absolute Gasteiger partial charge is 0.508 e. The van der Waals surface area contributed by atoms with E-state index in [9.17, 15) is 5.11 Å². The highest BCUT2D eigenvalue weighted by Gasteiger charge is 2.23.